The van der Waals surface area contributed by atoms with Gasteiger partial charge in [-0.25, -0.2) is 0 Å². The summed E-state index contributed by atoms with van der Waals surface area (Å²) >= 11 is 4.24. The molecule has 0 saturated heterocycles. The van der Waals surface area contributed by atoms with Crippen LogP contribution in [-0.4, -0.2) is 108 Å². The van der Waals surface area contributed by atoms with E-state index in [9.17, 15) is 10.2 Å². The highest BCUT2D eigenvalue weighted by Gasteiger charge is 2.05. The Bertz CT molecular complexity index is 739. The molecule has 2 N–H and O–H groups in total. The molecule has 1 rings (SSSR count). The van der Waals surface area contributed by atoms with Gasteiger partial charge in [0.15, 0.2) is 0 Å². The highest BCUT2D eigenvalue weighted by Crippen LogP contribution is 2.27. The van der Waals surface area contributed by atoms with Crippen molar-refractivity contribution in [3.8, 4) is 11.5 Å². The van der Waals surface area contributed by atoms with Crippen molar-refractivity contribution in [2.24, 2.45) is 0 Å². The third kappa shape index (κ3) is 25.9. The number of aryl methyl sites for hydroxylation is 2. The molecule has 43 heavy (non-hydrogen) atoms. The Balaban J connectivity index is 1.67. The zero-order chi connectivity index (χ0) is 31.1. The second kappa shape index (κ2) is 30.9. The van der Waals surface area contributed by atoms with Crippen LogP contribution in [-0.2, 0) is 39.6 Å². The van der Waals surface area contributed by atoms with E-state index >= 15 is 0 Å². The Morgan fingerprint density at radius 1 is 0.442 bits per heavy atom. The second-order valence-corrected chi connectivity index (χ2v) is 11.0. The van der Waals surface area contributed by atoms with E-state index in [1.165, 1.54) is 44.9 Å². The van der Waals surface area contributed by atoms with E-state index in [1.54, 1.807) is 19.1 Å². The maximum Gasteiger partial charge on any atom is 0.119 e. The van der Waals surface area contributed by atoms with Gasteiger partial charge in [0.2, 0.25) is 0 Å². The third-order valence-corrected chi connectivity index (χ3v) is 7.13. The molecule has 1 aromatic rings. The minimum atomic E-state index is 0.218. The summed E-state index contributed by atoms with van der Waals surface area (Å²) in [5.41, 5.74) is 1.44. The Hall–Kier alpha value is -1.11. The number of hydrogen-bond donors (Lipinski definition) is 3. The lowest BCUT2D eigenvalue weighted by Crippen LogP contribution is -2.14. The smallest absolute Gasteiger partial charge is 0.119 e. The van der Waals surface area contributed by atoms with Crippen molar-refractivity contribution < 1.29 is 43.4 Å². The maximum atomic E-state index is 9.94. The summed E-state index contributed by atoms with van der Waals surface area (Å²) in [6.07, 6.45) is 12.7. The predicted molar refractivity (Wildman–Crippen MR) is 174 cm³/mol. The number of benzene rings is 1. The first-order chi connectivity index (χ1) is 21.1. The van der Waals surface area contributed by atoms with Crippen molar-refractivity contribution in [1.82, 2.24) is 0 Å². The van der Waals surface area contributed by atoms with Gasteiger partial charge < -0.3 is 43.4 Å². The Morgan fingerprint density at radius 3 is 1.21 bits per heavy atom. The van der Waals surface area contributed by atoms with Crippen LogP contribution in [0.4, 0.5) is 0 Å². The second-order valence-electron chi connectivity index (χ2n) is 10.6. The van der Waals surface area contributed by atoms with E-state index in [4.69, 9.17) is 33.2 Å². The van der Waals surface area contributed by atoms with Crippen LogP contribution in [0, 0.1) is 6.92 Å². The van der Waals surface area contributed by atoms with Gasteiger partial charge in [-0.1, -0.05) is 38.5 Å². The molecule has 0 spiro atoms. The largest absolute Gasteiger partial charge is 0.508 e. The normalized spacial score (nSPS) is 11.5. The van der Waals surface area contributed by atoms with E-state index in [2.05, 4.69) is 12.6 Å². The fourth-order valence-electron chi connectivity index (χ4n) is 4.24. The van der Waals surface area contributed by atoms with Crippen LogP contribution < -0.4 is 0 Å². The number of phenolic OH excluding ortho intramolecular Hbond substituents is 2. The van der Waals surface area contributed by atoms with Gasteiger partial charge in [0, 0.05) is 13.2 Å². The lowest BCUT2D eigenvalue weighted by molar-refractivity contribution is -0.0206. The fourth-order valence-corrected chi connectivity index (χ4v) is 4.47. The number of ether oxygens (including phenoxy) is 7. The van der Waals surface area contributed by atoms with E-state index in [-0.39, 0.29) is 11.5 Å². The Morgan fingerprint density at radius 2 is 0.791 bits per heavy atom. The van der Waals surface area contributed by atoms with Crippen LogP contribution in [0.2, 0.25) is 0 Å². The van der Waals surface area contributed by atoms with Gasteiger partial charge in [0.1, 0.15) is 11.5 Å². The average Bonchev–Trinajstić information content (AvgIpc) is 3.00. The molecule has 0 heterocycles. The predicted octanol–water partition coefficient (Wildman–Crippen LogP) is 5.90. The number of aromatic hydroxyl groups is 2. The molecule has 0 aliphatic carbocycles. The summed E-state index contributed by atoms with van der Waals surface area (Å²) < 4.78 is 38.7. The first-order valence-corrected chi connectivity index (χ1v) is 16.9. The molecule has 0 aromatic heterocycles. The molecular formula is C33H60O9S. The number of phenols is 2. The number of thiol groups is 1. The molecule has 0 unspecified atom stereocenters. The average molecular weight is 633 g/mol. The SMILES string of the molecule is Cc1cc(O)c(CCCCOCCOCCOCCOCCOCCOCCOCCCCCCCCCCS)cc1O. The molecule has 0 saturated carbocycles. The van der Waals surface area contributed by atoms with Gasteiger partial charge in [-0.2, -0.15) is 12.6 Å². The number of rotatable bonds is 33. The van der Waals surface area contributed by atoms with E-state index in [0.29, 0.717) is 97.9 Å². The van der Waals surface area contributed by atoms with Gasteiger partial charge in [-0.3, -0.25) is 0 Å². The maximum absolute atomic E-state index is 9.94. The quantitative estimate of drug-likeness (QED) is 0.0497. The summed E-state index contributed by atoms with van der Waals surface area (Å²) in [6.45, 7) is 9.81. The lowest BCUT2D eigenvalue weighted by Gasteiger charge is -2.09. The first-order valence-electron chi connectivity index (χ1n) is 16.3. The van der Waals surface area contributed by atoms with E-state index < -0.39 is 0 Å². The number of hydrogen-bond acceptors (Lipinski definition) is 10. The fraction of sp³-hybridized carbons (Fsp3) is 0.818. The zero-order valence-corrected chi connectivity index (χ0v) is 27.6. The summed E-state index contributed by atoms with van der Waals surface area (Å²) in [7, 11) is 0. The molecule has 0 amide bonds. The van der Waals surface area contributed by atoms with Gasteiger partial charge >= 0.3 is 0 Å². The van der Waals surface area contributed by atoms with Crippen LogP contribution in [0.5, 0.6) is 11.5 Å². The molecule has 0 bridgehead atoms. The van der Waals surface area contributed by atoms with Crippen molar-refractivity contribution >= 4 is 12.6 Å². The van der Waals surface area contributed by atoms with Crippen molar-refractivity contribution in [2.75, 3.05) is 98.2 Å². The first kappa shape index (κ1) is 39.9. The molecule has 10 heteroatoms. The molecule has 0 aliphatic heterocycles. The molecule has 1 aromatic carbocycles. The molecule has 0 aliphatic rings. The summed E-state index contributed by atoms with van der Waals surface area (Å²) in [5.74, 6) is 1.47. The monoisotopic (exact) mass is 632 g/mol. The molecular weight excluding hydrogens is 572 g/mol. The van der Waals surface area contributed by atoms with Gasteiger partial charge in [0.25, 0.3) is 0 Å². The third-order valence-electron chi connectivity index (χ3n) is 6.81. The van der Waals surface area contributed by atoms with Crippen LogP contribution >= 0.6 is 12.6 Å². The highest BCUT2D eigenvalue weighted by molar-refractivity contribution is 7.80. The molecule has 252 valence electrons. The minimum absolute atomic E-state index is 0.218. The van der Waals surface area contributed by atoms with Crippen LogP contribution in [0.25, 0.3) is 0 Å². The minimum Gasteiger partial charge on any atom is -0.508 e. The van der Waals surface area contributed by atoms with Crippen molar-refractivity contribution in [2.45, 2.75) is 77.6 Å². The Kier molecular flexibility index (Phi) is 28.7. The van der Waals surface area contributed by atoms with Crippen LogP contribution in [0.1, 0.15) is 75.3 Å². The molecule has 9 nitrogen and oxygen atoms in total. The van der Waals surface area contributed by atoms with E-state index in [1.807, 2.05) is 0 Å². The molecule has 0 radical (unpaired) electrons. The summed E-state index contributed by atoms with van der Waals surface area (Å²) in [6, 6.07) is 3.23. The number of unbranched alkanes of at least 4 members (excludes halogenated alkanes) is 8. The van der Waals surface area contributed by atoms with Crippen molar-refractivity contribution in [1.29, 1.82) is 0 Å². The van der Waals surface area contributed by atoms with Gasteiger partial charge in [-0.05, 0) is 68.0 Å². The Labute approximate surface area is 266 Å². The van der Waals surface area contributed by atoms with Crippen LogP contribution in [0.15, 0.2) is 12.1 Å². The summed E-state index contributed by atoms with van der Waals surface area (Å²) in [5, 5.41) is 19.7. The summed E-state index contributed by atoms with van der Waals surface area (Å²) in [4.78, 5) is 0. The highest BCUT2D eigenvalue weighted by atomic mass is 32.1. The van der Waals surface area contributed by atoms with E-state index in [0.717, 1.165) is 37.2 Å². The standard InChI is InChI=1S/C33H60O9S/c1-30-28-33(35)31(29-32(30)34)12-8-10-14-37-16-18-39-20-22-41-24-26-42-25-23-40-21-19-38-17-15-36-13-9-6-4-2-3-5-7-11-27-43/h28-29,34-35,43H,2-27H2,1H3. The van der Waals surface area contributed by atoms with Crippen molar-refractivity contribution in [3.05, 3.63) is 23.3 Å². The molecule has 0 fully saturated rings. The van der Waals surface area contributed by atoms with Gasteiger partial charge in [0.05, 0.1) is 79.3 Å². The van der Waals surface area contributed by atoms with Crippen molar-refractivity contribution in [3.63, 3.8) is 0 Å². The lowest BCUT2D eigenvalue weighted by atomic mass is 10.0. The van der Waals surface area contributed by atoms with Crippen LogP contribution in [0.3, 0.4) is 0 Å². The topological polar surface area (TPSA) is 105 Å². The zero-order valence-electron chi connectivity index (χ0n) is 26.7. The molecule has 0 atom stereocenters. The van der Waals surface area contributed by atoms with Gasteiger partial charge in [-0.15, -0.1) is 0 Å².